The van der Waals surface area contributed by atoms with Crippen molar-refractivity contribution in [3.8, 4) is 12.3 Å². The zero-order valence-corrected chi connectivity index (χ0v) is 11.1. The van der Waals surface area contributed by atoms with E-state index in [9.17, 15) is 9.59 Å². The number of terminal acetylenes is 1. The van der Waals surface area contributed by atoms with Crippen LogP contribution in [0.15, 0.2) is 0 Å². The molecule has 98 valence electrons. The minimum atomic E-state index is -0.417. The summed E-state index contributed by atoms with van der Waals surface area (Å²) in [6.45, 7) is 4.53. The molecule has 4 nitrogen and oxygen atoms in total. The second-order valence-electron chi connectivity index (χ2n) is 5.08. The number of nitrogens with zero attached hydrogens (tertiary/aromatic N) is 2. The van der Waals surface area contributed by atoms with Crippen molar-refractivity contribution in [1.29, 1.82) is 0 Å². The van der Waals surface area contributed by atoms with E-state index >= 15 is 0 Å². The Balaban J connectivity index is 2.26. The van der Waals surface area contributed by atoms with Crippen LogP contribution in [0, 0.1) is 12.3 Å². The topological polar surface area (TPSA) is 40.6 Å². The van der Waals surface area contributed by atoms with Crippen molar-refractivity contribution in [2.24, 2.45) is 0 Å². The lowest BCUT2D eigenvalue weighted by Crippen LogP contribution is -2.64. The first-order chi connectivity index (χ1) is 8.61. The van der Waals surface area contributed by atoms with Gasteiger partial charge in [-0.05, 0) is 26.2 Å². The monoisotopic (exact) mass is 248 g/mol. The second-order valence-corrected chi connectivity index (χ2v) is 5.08. The molecule has 2 aliphatic heterocycles. The van der Waals surface area contributed by atoms with Crippen LogP contribution < -0.4 is 0 Å². The van der Waals surface area contributed by atoms with Gasteiger partial charge in [-0.3, -0.25) is 9.59 Å². The summed E-state index contributed by atoms with van der Waals surface area (Å²) in [5.41, 5.74) is 0. The van der Waals surface area contributed by atoms with E-state index in [2.05, 4.69) is 5.92 Å². The number of amides is 2. The molecule has 0 aromatic carbocycles. The van der Waals surface area contributed by atoms with Gasteiger partial charge in [0.25, 0.3) is 0 Å². The van der Waals surface area contributed by atoms with Crippen LogP contribution in [0.5, 0.6) is 0 Å². The number of carbonyl (C=O) groups excluding carboxylic acids is 2. The fraction of sp³-hybridized carbons (Fsp3) is 0.714. The zero-order chi connectivity index (χ0) is 13.3. The molecule has 3 unspecified atom stereocenters. The minimum absolute atomic E-state index is 0.0380. The van der Waals surface area contributed by atoms with Crippen molar-refractivity contribution in [3.63, 3.8) is 0 Å². The number of piperazine rings is 1. The van der Waals surface area contributed by atoms with E-state index in [0.29, 0.717) is 6.54 Å². The zero-order valence-electron chi connectivity index (χ0n) is 11.1. The quantitative estimate of drug-likeness (QED) is 0.699. The van der Waals surface area contributed by atoms with Crippen molar-refractivity contribution in [1.82, 2.24) is 9.80 Å². The number of hydrogen-bond donors (Lipinski definition) is 0. The van der Waals surface area contributed by atoms with Crippen LogP contribution in [0.25, 0.3) is 0 Å². The maximum Gasteiger partial charge on any atom is 0.247 e. The summed E-state index contributed by atoms with van der Waals surface area (Å²) >= 11 is 0. The van der Waals surface area contributed by atoms with E-state index < -0.39 is 6.04 Å². The Labute approximate surface area is 108 Å². The number of hydrogen-bond acceptors (Lipinski definition) is 2. The first-order valence-corrected chi connectivity index (χ1v) is 6.70. The molecule has 2 amide bonds. The van der Waals surface area contributed by atoms with Gasteiger partial charge in [-0.15, -0.1) is 6.42 Å². The summed E-state index contributed by atoms with van der Waals surface area (Å²) in [4.78, 5) is 28.1. The molecule has 2 aliphatic rings. The second kappa shape index (κ2) is 5.01. The third-order valence-corrected chi connectivity index (χ3v) is 3.94. The molecule has 3 atom stereocenters. The summed E-state index contributed by atoms with van der Waals surface area (Å²) in [7, 11) is 0. The van der Waals surface area contributed by atoms with Gasteiger partial charge >= 0.3 is 0 Å². The average molecular weight is 248 g/mol. The van der Waals surface area contributed by atoms with Crippen molar-refractivity contribution in [3.05, 3.63) is 0 Å². The van der Waals surface area contributed by atoms with Gasteiger partial charge in [0.15, 0.2) is 0 Å². The normalized spacial score (nSPS) is 29.2. The summed E-state index contributed by atoms with van der Waals surface area (Å²) in [5, 5.41) is 0. The Morgan fingerprint density at radius 2 is 2.17 bits per heavy atom. The molecule has 2 fully saturated rings. The molecule has 2 rings (SSSR count). The SMILES string of the molecule is C#CC(CCC)N1C(=O)C2CCCN2C(=O)C1C. The minimum Gasteiger partial charge on any atom is -0.329 e. The number of carbonyl (C=O) groups is 2. The number of rotatable bonds is 3. The Morgan fingerprint density at radius 3 is 2.78 bits per heavy atom. The van der Waals surface area contributed by atoms with Crippen LogP contribution in [0.2, 0.25) is 0 Å². The Kier molecular flexibility index (Phi) is 3.60. The predicted molar refractivity (Wildman–Crippen MR) is 68.6 cm³/mol. The molecule has 0 spiro atoms. The molecule has 0 aliphatic carbocycles. The van der Waals surface area contributed by atoms with Gasteiger partial charge in [-0.25, -0.2) is 0 Å². The lowest BCUT2D eigenvalue weighted by molar-refractivity contribution is -0.160. The maximum absolute atomic E-state index is 12.5. The highest BCUT2D eigenvalue weighted by molar-refractivity contribution is 5.97. The molecule has 0 radical (unpaired) electrons. The molecule has 0 bridgehead atoms. The largest absolute Gasteiger partial charge is 0.329 e. The van der Waals surface area contributed by atoms with Gasteiger partial charge in [0.2, 0.25) is 11.8 Å². The maximum atomic E-state index is 12.5. The molecular weight excluding hydrogens is 228 g/mol. The summed E-state index contributed by atoms with van der Waals surface area (Å²) in [5.74, 6) is 2.76. The summed E-state index contributed by atoms with van der Waals surface area (Å²) in [6, 6.07) is -0.926. The van der Waals surface area contributed by atoms with Gasteiger partial charge in [-0.2, -0.15) is 0 Å². The highest BCUT2D eigenvalue weighted by atomic mass is 16.2. The van der Waals surface area contributed by atoms with Crippen LogP contribution >= 0.6 is 0 Å². The van der Waals surface area contributed by atoms with Crippen LogP contribution in [-0.4, -0.2) is 46.3 Å². The molecule has 0 aromatic heterocycles. The predicted octanol–water partition coefficient (Wildman–Crippen LogP) is 1.01. The molecule has 2 heterocycles. The molecule has 2 saturated heterocycles. The van der Waals surface area contributed by atoms with Gasteiger partial charge in [0.05, 0.1) is 6.04 Å². The van der Waals surface area contributed by atoms with Crippen LogP contribution in [-0.2, 0) is 9.59 Å². The molecule has 0 aromatic rings. The first-order valence-electron chi connectivity index (χ1n) is 6.70. The number of fused-ring (bicyclic) bond motifs is 1. The van der Waals surface area contributed by atoms with Gasteiger partial charge in [0.1, 0.15) is 12.1 Å². The Morgan fingerprint density at radius 1 is 1.44 bits per heavy atom. The lowest BCUT2D eigenvalue weighted by atomic mass is 10.0. The lowest BCUT2D eigenvalue weighted by Gasteiger charge is -2.43. The van der Waals surface area contributed by atoms with Crippen molar-refractivity contribution in [2.75, 3.05) is 6.54 Å². The van der Waals surface area contributed by atoms with E-state index in [1.54, 1.807) is 16.7 Å². The molecule has 18 heavy (non-hydrogen) atoms. The molecular formula is C14H20N2O2. The smallest absolute Gasteiger partial charge is 0.247 e. The standard InChI is InChI=1S/C14H20N2O2/c1-4-7-11(5-2)16-10(3)13(17)15-9-6-8-12(15)14(16)18/h2,10-12H,4,6-9H2,1,3H3. The highest BCUT2D eigenvalue weighted by Crippen LogP contribution is 2.28. The van der Waals surface area contributed by atoms with Gasteiger partial charge < -0.3 is 9.80 Å². The van der Waals surface area contributed by atoms with Crippen molar-refractivity contribution in [2.45, 2.75) is 57.7 Å². The van der Waals surface area contributed by atoms with Crippen molar-refractivity contribution < 1.29 is 9.59 Å². The van der Waals surface area contributed by atoms with Gasteiger partial charge in [0, 0.05) is 6.54 Å². The van der Waals surface area contributed by atoms with E-state index in [-0.39, 0.29) is 23.9 Å². The third kappa shape index (κ3) is 1.88. The third-order valence-electron chi connectivity index (χ3n) is 3.94. The van der Waals surface area contributed by atoms with E-state index in [1.165, 1.54) is 0 Å². The fourth-order valence-electron chi connectivity index (χ4n) is 3.01. The van der Waals surface area contributed by atoms with Crippen LogP contribution in [0.3, 0.4) is 0 Å². The first kappa shape index (κ1) is 12.9. The van der Waals surface area contributed by atoms with E-state index in [1.807, 2.05) is 6.92 Å². The Bertz CT molecular complexity index is 399. The summed E-state index contributed by atoms with van der Waals surface area (Å²) < 4.78 is 0. The average Bonchev–Trinajstić information content (AvgIpc) is 2.84. The van der Waals surface area contributed by atoms with E-state index in [0.717, 1.165) is 25.7 Å². The van der Waals surface area contributed by atoms with Crippen molar-refractivity contribution >= 4 is 11.8 Å². The summed E-state index contributed by atoms with van der Waals surface area (Å²) in [6.07, 6.45) is 8.88. The van der Waals surface area contributed by atoms with Crippen LogP contribution in [0.1, 0.15) is 39.5 Å². The molecule has 4 heteroatoms. The molecule has 0 saturated carbocycles. The van der Waals surface area contributed by atoms with E-state index in [4.69, 9.17) is 6.42 Å². The van der Waals surface area contributed by atoms with Crippen LogP contribution in [0.4, 0.5) is 0 Å². The molecule has 0 N–H and O–H groups in total. The highest BCUT2D eigenvalue weighted by Gasteiger charge is 2.47. The Hall–Kier alpha value is -1.50. The van der Waals surface area contributed by atoms with Gasteiger partial charge in [-0.1, -0.05) is 19.3 Å². The fourth-order valence-corrected chi connectivity index (χ4v) is 3.01.